The first-order chi connectivity index (χ1) is 16.7. The van der Waals surface area contributed by atoms with Crippen LogP contribution >= 0.6 is 0 Å². The Morgan fingerprint density at radius 3 is 2.33 bits per heavy atom. The van der Waals surface area contributed by atoms with E-state index in [4.69, 9.17) is 8.54 Å². The van der Waals surface area contributed by atoms with Gasteiger partial charge in [-0.2, -0.15) is 0 Å². The first-order valence-electron chi connectivity index (χ1n) is 16.3. The minimum Gasteiger partial charge on any atom is -0.414 e. The molecule has 4 aliphatic carbocycles. The van der Waals surface area contributed by atoms with E-state index in [2.05, 4.69) is 47.7 Å². The summed E-state index contributed by atoms with van der Waals surface area (Å²) >= 11 is 0. The zero-order valence-corrected chi connectivity index (χ0v) is 24.0. The third-order valence-corrected chi connectivity index (χ3v) is 14.8. The molecule has 5 rings (SSSR count). The summed E-state index contributed by atoms with van der Waals surface area (Å²) in [6.07, 6.45) is 14.3. The zero-order valence-electron chi connectivity index (χ0n) is 26.0. The highest BCUT2D eigenvalue weighted by atomic mass is 28.4. The van der Waals surface area contributed by atoms with Crippen molar-refractivity contribution in [3.8, 4) is 0 Å². The summed E-state index contributed by atoms with van der Waals surface area (Å²) in [7, 11) is -1.94. The Hall–Kier alpha value is 0.177. The summed E-state index contributed by atoms with van der Waals surface area (Å²) in [5.41, 5.74) is 0.0881. The average Bonchev–Trinajstić information content (AvgIpc) is 3.26. The summed E-state index contributed by atoms with van der Waals surface area (Å²) < 4.78 is 33.2. The SMILES string of the molecule is [2H]C([2H])([2H])[C@]12C[Si](C)(C)O[C@H]1CC[C@@]1(C)[C@H]2CC[C@@H]2[C@@H]1CC[C@]1(C)[C@@H]([C@H](C)CCCC(C)C)CC[C@@H]21. The minimum absolute atomic E-state index is 0.0299. The van der Waals surface area contributed by atoms with E-state index in [-0.39, 0.29) is 11.5 Å². The standard InChI is InChI=1S/C31H56OSi/c1-21(2)10-9-11-22(3)24-13-14-25-23-12-15-27-30(5,26(23)16-18-29(24,25)4)19-17-28-31(27,6)20-33(7,8)32-28/h21-28H,9-20H2,1-8H3/t22-,23+,24-,25+,26+,27-,28+,29-,30-,31-/m1/s1/i6D3. The van der Waals surface area contributed by atoms with Gasteiger partial charge in [0.2, 0.25) is 0 Å². The molecule has 0 radical (unpaired) electrons. The highest BCUT2D eigenvalue weighted by Crippen LogP contribution is 2.72. The second-order valence-electron chi connectivity index (χ2n) is 15.2. The molecule has 0 aromatic rings. The van der Waals surface area contributed by atoms with Gasteiger partial charge in [0.1, 0.15) is 0 Å². The van der Waals surface area contributed by atoms with Crippen LogP contribution in [0.15, 0.2) is 0 Å². The lowest BCUT2D eigenvalue weighted by Crippen LogP contribution is -2.59. The molecular weight excluding hydrogens is 416 g/mol. The van der Waals surface area contributed by atoms with Crippen LogP contribution in [-0.2, 0) is 4.43 Å². The largest absolute Gasteiger partial charge is 0.414 e. The van der Waals surface area contributed by atoms with E-state index in [1.165, 1.54) is 57.8 Å². The van der Waals surface area contributed by atoms with Crippen molar-refractivity contribution in [1.82, 2.24) is 0 Å². The molecule has 0 N–H and O–H groups in total. The fourth-order valence-electron chi connectivity index (χ4n) is 11.1. The van der Waals surface area contributed by atoms with Crippen LogP contribution in [0, 0.1) is 57.7 Å². The molecule has 4 saturated carbocycles. The lowest BCUT2D eigenvalue weighted by Gasteiger charge is -2.64. The van der Waals surface area contributed by atoms with Gasteiger partial charge in [-0.25, -0.2) is 0 Å². The van der Waals surface area contributed by atoms with Crippen molar-refractivity contribution < 1.29 is 8.54 Å². The first-order valence-corrected chi connectivity index (χ1v) is 17.9. The van der Waals surface area contributed by atoms with E-state index >= 15 is 0 Å². The molecule has 33 heavy (non-hydrogen) atoms. The van der Waals surface area contributed by atoms with Crippen LogP contribution in [0.2, 0.25) is 19.1 Å². The van der Waals surface area contributed by atoms with Gasteiger partial charge in [0.05, 0.1) is 6.10 Å². The van der Waals surface area contributed by atoms with Crippen molar-refractivity contribution in [2.75, 3.05) is 0 Å². The fourth-order valence-corrected chi connectivity index (χ4v) is 14.2. The summed E-state index contributed by atoms with van der Waals surface area (Å²) in [5, 5.41) is 0. The van der Waals surface area contributed by atoms with Gasteiger partial charge < -0.3 is 4.43 Å². The van der Waals surface area contributed by atoms with Crippen LogP contribution in [0.5, 0.6) is 0 Å². The molecule has 2 heteroatoms. The zero-order chi connectivity index (χ0) is 26.3. The van der Waals surface area contributed by atoms with Gasteiger partial charge >= 0.3 is 0 Å². The molecule has 0 aromatic heterocycles. The Labute approximate surface area is 211 Å². The van der Waals surface area contributed by atoms with E-state index in [1.54, 1.807) is 0 Å². The maximum Gasteiger partial charge on any atom is 0.187 e. The smallest absolute Gasteiger partial charge is 0.187 e. The topological polar surface area (TPSA) is 9.23 Å². The van der Waals surface area contributed by atoms with E-state index in [9.17, 15) is 0 Å². The van der Waals surface area contributed by atoms with Crippen molar-refractivity contribution in [1.29, 1.82) is 0 Å². The Balaban J connectivity index is 1.39. The Morgan fingerprint density at radius 1 is 0.879 bits per heavy atom. The van der Waals surface area contributed by atoms with Crippen molar-refractivity contribution >= 4 is 8.32 Å². The van der Waals surface area contributed by atoms with E-state index < -0.39 is 20.6 Å². The normalized spacial score (nSPS) is 53.3. The van der Waals surface area contributed by atoms with Crippen LogP contribution in [0.3, 0.4) is 0 Å². The molecule has 5 fully saturated rings. The van der Waals surface area contributed by atoms with Gasteiger partial charge in [-0.3, -0.25) is 0 Å². The lowest BCUT2D eigenvalue weighted by atomic mass is 9.41. The van der Waals surface area contributed by atoms with E-state index in [0.717, 1.165) is 54.4 Å². The van der Waals surface area contributed by atoms with Gasteiger partial charge in [-0.15, -0.1) is 0 Å². The second-order valence-corrected chi connectivity index (χ2v) is 19.3. The maximum atomic E-state index is 8.84. The number of hydrogen-bond donors (Lipinski definition) is 0. The maximum absolute atomic E-state index is 8.84. The predicted octanol–water partition coefficient (Wildman–Crippen LogP) is 9.33. The van der Waals surface area contributed by atoms with E-state index in [1.807, 2.05) is 0 Å². The highest BCUT2D eigenvalue weighted by molar-refractivity contribution is 6.72. The van der Waals surface area contributed by atoms with Gasteiger partial charge in [-0.1, -0.05) is 60.7 Å². The minimum atomic E-state index is -1.94. The molecule has 0 aromatic carbocycles. The summed E-state index contributed by atoms with van der Waals surface area (Å²) in [6, 6.07) is 0.843. The number of fused-ring (bicyclic) bond motifs is 7. The van der Waals surface area contributed by atoms with Crippen molar-refractivity contribution in [3.63, 3.8) is 0 Å². The Kier molecular flexibility index (Phi) is 5.39. The second kappa shape index (κ2) is 8.36. The molecule has 1 heterocycles. The predicted molar refractivity (Wildman–Crippen MR) is 144 cm³/mol. The molecule has 0 spiro atoms. The van der Waals surface area contributed by atoms with Gasteiger partial charge in [0, 0.05) is 4.11 Å². The van der Waals surface area contributed by atoms with Crippen LogP contribution in [0.1, 0.15) is 116 Å². The van der Waals surface area contributed by atoms with Gasteiger partial charge in [-0.05, 0) is 128 Å². The van der Waals surface area contributed by atoms with Crippen molar-refractivity contribution in [3.05, 3.63) is 0 Å². The van der Waals surface area contributed by atoms with E-state index in [0.29, 0.717) is 11.3 Å². The molecule has 0 amide bonds. The highest BCUT2D eigenvalue weighted by Gasteiger charge is 2.66. The first kappa shape index (κ1) is 21.3. The summed E-state index contributed by atoms with van der Waals surface area (Å²) in [5.74, 6) is 5.26. The molecule has 0 unspecified atom stereocenters. The average molecular weight is 476 g/mol. The van der Waals surface area contributed by atoms with Crippen LogP contribution < -0.4 is 0 Å². The summed E-state index contributed by atoms with van der Waals surface area (Å²) in [6.45, 7) is 15.2. The molecule has 0 bridgehead atoms. The third-order valence-electron chi connectivity index (χ3n) is 12.4. The Morgan fingerprint density at radius 2 is 1.61 bits per heavy atom. The number of rotatable bonds is 5. The van der Waals surface area contributed by atoms with Crippen molar-refractivity contribution in [2.24, 2.45) is 57.7 Å². The van der Waals surface area contributed by atoms with Crippen LogP contribution in [-0.4, -0.2) is 14.4 Å². The Bertz CT molecular complexity index is 825. The molecule has 1 aliphatic heterocycles. The molecule has 5 aliphatic rings. The third kappa shape index (κ3) is 3.86. The van der Waals surface area contributed by atoms with Gasteiger partial charge in [0.25, 0.3) is 0 Å². The molecule has 1 saturated heterocycles. The van der Waals surface area contributed by atoms with Gasteiger partial charge in [0.15, 0.2) is 8.32 Å². The molecular formula is C31H56OSi. The summed E-state index contributed by atoms with van der Waals surface area (Å²) in [4.78, 5) is 0. The molecule has 10 atom stereocenters. The van der Waals surface area contributed by atoms with Crippen LogP contribution in [0.4, 0.5) is 0 Å². The monoisotopic (exact) mass is 475 g/mol. The number of hydrogen-bond acceptors (Lipinski definition) is 1. The van der Waals surface area contributed by atoms with Crippen LogP contribution in [0.25, 0.3) is 0 Å². The molecule has 190 valence electrons. The lowest BCUT2D eigenvalue weighted by molar-refractivity contribution is -0.166. The fraction of sp³-hybridized carbons (Fsp3) is 1.00. The quantitative estimate of drug-likeness (QED) is 0.360. The molecule has 1 nitrogen and oxygen atoms in total. The van der Waals surface area contributed by atoms with Crippen molar-refractivity contribution in [2.45, 2.75) is 137 Å².